The topological polar surface area (TPSA) is 16.4 Å². The van der Waals surface area contributed by atoms with E-state index in [1.807, 2.05) is 0 Å². The minimum absolute atomic E-state index is 0.0989. The van der Waals surface area contributed by atoms with Gasteiger partial charge in [0.2, 0.25) is 0 Å². The second-order valence-corrected chi connectivity index (χ2v) is 21.1. The first-order valence-electron chi connectivity index (χ1n) is 24.4. The van der Waals surface area contributed by atoms with Gasteiger partial charge in [-0.15, -0.1) is 0 Å². The summed E-state index contributed by atoms with van der Waals surface area (Å²) in [7, 11) is 0. The lowest BCUT2D eigenvalue weighted by molar-refractivity contribution is 0.0613. The highest BCUT2D eigenvalue weighted by atomic mass is 16.3. The summed E-state index contributed by atoms with van der Waals surface area (Å²) < 4.78 is 6.56. The molecule has 6 saturated carbocycles. The normalized spacial score (nSPS) is 28.8. The van der Waals surface area contributed by atoms with Crippen LogP contribution in [-0.4, -0.2) is 0 Å². The molecule has 2 heteroatoms. The fourth-order valence-corrected chi connectivity index (χ4v) is 16.4. The molecule has 7 aromatic carbocycles. The third-order valence-electron chi connectivity index (χ3n) is 18.5. The number of benzene rings is 7. The first kappa shape index (κ1) is 35.6. The zero-order valence-corrected chi connectivity index (χ0v) is 36.0. The van der Waals surface area contributed by atoms with Crippen LogP contribution in [0.4, 0.5) is 11.4 Å². The summed E-state index contributed by atoms with van der Waals surface area (Å²) in [5.41, 5.74) is 21.0. The number of hydrogen-bond donors (Lipinski definition) is 0. The molecular formula is C61H53NO. The Hall–Kier alpha value is -5.86. The third kappa shape index (κ3) is 4.70. The van der Waals surface area contributed by atoms with Gasteiger partial charge in [0.15, 0.2) is 0 Å². The van der Waals surface area contributed by atoms with Gasteiger partial charge in [-0.05, 0) is 173 Å². The second-order valence-electron chi connectivity index (χ2n) is 21.1. The Balaban J connectivity index is 0.911. The van der Waals surface area contributed by atoms with Crippen LogP contribution in [0.2, 0.25) is 0 Å². The van der Waals surface area contributed by atoms with Crippen molar-refractivity contribution in [3.05, 3.63) is 179 Å². The van der Waals surface area contributed by atoms with Crippen LogP contribution in [0.3, 0.4) is 0 Å². The molecule has 308 valence electrons. The lowest BCUT2D eigenvalue weighted by Crippen LogP contribution is -2.48. The number of rotatable bonds is 5. The Morgan fingerprint density at radius 2 is 1.14 bits per heavy atom. The number of fused-ring (bicyclic) bond motifs is 15. The standard InChI is InChI=1S/C61H53NO/c1-4-16-54-48(10-1)50-28-27-46(34-56(50)60(54)35-38-20-23-42(60)31-38)62(45-25-21-40(22-26-45)47-13-8-15-53-51-12-3-6-18-57(51)63-59(47)53)36-41-9-7-14-52-49-11-2-5-17-55(49)61(58(41)52)43-24-19-37-29-39(32-43)33-44(61)30-37/h1-18,21-22,25-28,34,37-39,42-44H,19-20,23-24,29-33,35-36H2. The maximum atomic E-state index is 6.56. The molecule has 0 saturated heterocycles. The monoisotopic (exact) mass is 815 g/mol. The van der Waals surface area contributed by atoms with Crippen molar-refractivity contribution in [1.29, 1.82) is 0 Å². The van der Waals surface area contributed by atoms with E-state index in [0.717, 1.165) is 52.9 Å². The van der Waals surface area contributed by atoms with Gasteiger partial charge < -0.3 is 9.32 Å². The van der Waals surface area contributed by atoms with Gasteiger partial charge in [-0.1, -0.05) is 134 Å². The molecule has 2 nitrogen and oxygen atoms in total. The largest absolute Gasteiger partial charge is 0.455 e. The molecule has 1 aromatic heterocycles. The number of anilines is 2. The molecule has 0 N–H and O–H groups in total. The molecule has 8 aliphatic carbocycles. The van der Waals surface area contributed by atoms with Crippen molar-refractivity contribution in [1.82, 2.24) is 0 Å². The van der Waals surface area contributed by atoms with Crippen LogP contribution in [-0.2, 0) is 17.4 Å². The van der Waals surface area contributed by atoms with E-state index in [1.165, 1.54) is 120 Å². The zero-order chi connectivity index (χ0) is 41.0. The highest BCUT2D eigenvalue weighted by Crippen LogP contribution is 2.69. The molecule has 1 heterocycles. The van der Waals surface area contributed by atoms with E-state index in [1.54, 1.807) is 22.3 Å². The molecule has 8 aliphatic rings. The maximum Gasteiger partial charge on any atom is 0.143 e. The molecule has 8 atom stereocenters. The first-order chi connectivity index (χ1) is 31.1. The summed E-state index contributed by atoms with van der Waals surface area (Å²) in [5.74, 6) is 4.80. The average molecular weight is 816 g/mol. The fraction of sp³-hybridized carbons (Fsp3) is 0.311. The predicted molar refractivity (Wildman–Crippen MR) is 257 cm³/mol. The van der Waals surface area contributed by atoms with Gasteiger partial charge in [0, 0.05) is 45.1 Å². The van der Waals surface area contributed by atoms with E-state index in [9.17, 15) is 0 Å². The Kier molecular flexibility index (Phi) is 7.27. The van der Waals surface area contributed by atoms with Crippen LogP contribution in [0.15, 0.2) is 156 Å². The van der Waals surface area contributed by atoms with Gasteiger partial charge >= 0.3 is 0 Å². The first-order valence-corrected chi connectivity index (χ1v) is 24.4. The molecule has 6 bridgehead atoms. The third-order valence-corrected chi connectivity index (χ3v) is 18.5. The highest BCUT2D eigenvalue weighted by Gasteiger charge is 2.60. The van der Waals surface area contributed by atoms with Crippen LogP contribution < -0.4 is 4.90 Å². The quantitative estimate of drug-likeness (QED) is 0.172. The van der Waals surface area contributed by atoms with Gasteiger partial charge in [0.25, 0.3) is 0 Å². The summed E-state index contributed by atoms with van der Waals surface area (Å²) in [5, 5.41) is 2.35. The van der Waals surface area contributed by atoms with Crippen LogP contribution >= 0.6 is 0 Å². The smallest absolute Gasteiger partial charge is 0.143 e. The minimum atomic E-state index is 0.0989. The van der Waals surface area contributed by atoms with E-state index >= 15 is 0 Å². The lowest BCUT2D eigenvalue weighted by Gasteiger charge is -2.53. The van der Waals surface area contributed by atoms with Gasteiger partial charge in [0.1, 0.15) is 11.2 Å². The highest BCUT2D eigenvalue weighted by molar-refractivity contribution is 6.09. The van der Waals surface area contributed by atoms with E-state index in [4.69, 9.17) is 4.42 Å². The van der Waals surface area contributed by atoms with E-state index in [2.05, 4.69) is 157 Å². The van der Waals surface area contributed by atoms with Crippen molar-refractivity contribution in [2.75, 3.05) is 4.90 Å². The Morgan fingerprint density at radius 3 is 2.02 bits per heavy atom. The molecule has 16 rings (SSSR count). The fourth-order valence-electron chi connectivity index (χ4n) is 16.4. The molecule has 6 fully saturated rings. The van der Waals surface area contributed by atoms with Gasteiger partial charge in [0.05, 0.1) is 0 Å². The van der Waals surface area contributed by atoms with Crippen molar-refractivity contribution in [2.24, 2.45) is 35.5 Å². The Labute approximate surface area is 371 Å². The molecular weight excluding hydrogens is 763 g/mol. The zero-order valence-electron chi connectivity index (χ0n) is 36.0. The van der Waals surface area contributed by atoms with Crippen LogP contribution in [0, 0.1) is 35.5 Å². The number of para-hydroxylation sites is 2. The van der Waals surface area contributed by atoms with Crippen molar-refractivity contribution in [3.8, 4) is 33.4 Å². The van der Waals surface area contributed by atoms with Crippen molar-refractivity contribution in [2.45, 2.75) is 81.6 Å². The summed E-state index contributed by atoms with van der Waals surface area (Å²) in [6.45, 7) is 0.842. The van der Waals surface area contributed by atoms with Gasteiger partial charge in [-0.3, -0.25) is 0 Å². The summed E-state index contributed by atoms with van der Waals surface area (Å²) in [6.07, 6.45) is 13.9. The van der Waals surface area contributed by atoms with Crippen LogP contribution in [0.5, 0.6) is 0 Å². The van der Waals surface area contributed by atoms with Crippen molar-refractivity contribution in [3.63, 3.8) is 0 Å². The SMILES string of the molecule is c1ccc2c(c1)-c1ccc(N(Cc3cccc4c3C3(c5ccccc5-4)C4CCC5CC(C4)CC3C5)c3ccc(-c4cccc5c4oc4ccccc45)cc3)cc1C21CC2CCC1C2. The van der Waals surface area contributed by atoms with E-state index in [0.29, 0.717) is 5.92 Å². The molecule has 8 aromatic rings. The molecule has 0 radical (unpaired) electrons. The average Bonchev–Trinajstić information content (AvgIpc) is 4.13. The number of hydrogen-bond acceptors (Lipinski definition) is 2. The molecule has 0 amide bonds. The molecule has 8 unspecified atom stereocenters. The molecule has 2 spiro atoms. The Bertz CT molecular complexity index is 3180. The summed E-state index contributed by atoms with van der Waals surface area (Å²) >= 11 is 0. The van der Waals surface area contributed by atoms with E-state index in [-0.39, 0.29) is 10.8 Å². The van der Waals surface area contributed by atoms with E-state index < -0.39 is 0 Å². The predicted octanol–water partition coefficient (Wildman–Crippen LogP) is 15.8. The molecule has 63 heavy (non-hydrogen) atoms. The minimum Gasteiger partial charge on any atom is -0.455 e. The lowest BCUT2D eigenvalue weighted by atomic mass is 9.50. The van der Waals surface area contributed by atoms with Gasteiger partial charge in [-0.2, -0.15) is 0 Å². The number of furan rings is 1. The van der Waals surface area contributed by atoms with Gasteiger partial charge in [-0.25, -0.2) is 0 Å². The second kappa shape index (κ2) is 12.9. The number of nitrogens with zero attached hydrogens (tertiary/aromatic N) is 1. The van der Waals surface area contributed by atoms with Crippen molar-refractivity contribution >= 4 is 33.3 Å². The summed E-state index contributed by atoms with van der Waals surface area (Å²) in [4.78, 5) is 2.70. The maximum absolute atomic E-state index is 6.56. The van der Waals surface area contributed by atoms with Crippen LogP contribution in [0.25, 0.3) is 55.3 Å². The Morgan fingerprint density at radius 1 is 0.476 bits per heavy atom. The summed E-state index contributed by atoms with van der Waals surface area (Å²) in [6, 6.07) is 58.7. The molecule has 0 aliphatic heterocycles. The van der Waals surface area contributed by atoms with Crippen molar-refractivity contribution < 1.29 is 4.42 Å². The van der Waals surface area contributed by atoms with Crippen LogP contribution in [0.1, 0.15) is 92.0 Å².